The van der Waals surface area contributed by atoms with Crippen LogP contribution in [0.25, 0.3) is 10.8 Å². The largest absolute Gasteiger partial charge is 0.489 e. The molecule has 0 bridgehead atoms. The predicted octanol–water partition coefficient (Wildman–Crippen LogP) is 5.58. The molecule has 3 aromatic carbocycles. The van der Waals surface area contributed by atoms with E-state index in [4.69, 9.17) is 9.47 Å². The molecule has 0 aliphatic rings. The highest BCUT2D eigenvalue weighted by Crippen LogP contribution is 2.27. The van der Waals surface area contributed by atoms with Crippen molar-refractivity contribution in [2.75, 3.05) is 14.1 Å². The molecular formula is C26H33NO3. The molecule has 0 aromatic heterocycles. The van der Waals surface area contributed by atoms with Crippen molar-refractivity contribution >= 4 is 10.8 Å². The first kappa shape index (κ1) is 22.1. The molecule has 0 radical (unpaired) electrons. The van der Waals surface area contributed by atoms with Gasteiger partial charge in [-0.05, 0) is 94.0 Å². The summed E-state index contributed by atoms with van der Waals surface area (Å²) in [7, 11) is 3.95. The molecule has 1 N–H and O–H groups in total. The quantitative estimate of drug-likeness (QED) is 0.555. The van der Waals surface area contributed by atoms with Gasteiger partial charge in [-0.3, -0.25) is 0 Å². The summed E-state index contributed by atoms with van der Waals surface area (Å²) < 4.78 is 11.9. The number of aliphatic hydroxyl groups excluding tert-OH is 1. The van der Waals surface area contributed by atoms with Crippen LogP contribution in [0.4, 0.5) is 0 Å². The van der Waals surface area contributed by atoms with E-state index in [9.17, 15) is 5.11 Å². The summed E-state index contributed by atoms with van der Waals surface area (Å²) >= 11 is 0. The van der Waals surface area contributed by atoms with Crippen molar-refractivity contribution in [3.63, 3.8) is 0 Å². The van der Waals surface area contributed by atoms with Crippen molar-refractivity contribution in [2.24, 2.45) is 0 Å². The van der Waals surface area contributed by atoms with Crippen molar-refractivity contribution in [2.45, 2.75) is 52.0 Å². The third-order valence-electron chi connectivity index (χ3n) is 5.20. The van der Waals surface area contributed by atoms with Crippen LogP contribution in [-0.2, 0) is 6.61 Å². The summed E-state index contributed by atoms with van der Waals surface area (Å²) in [6, 6.07) is 20.2. The molecule has 2 unspecified atom stereocenters. The number of hydrogen-bond donors (Lipinski definition) is 1. The second-order valence-electron chi connectivity index (χ2n) is 9.06. The van der Waals surface area contributed by atoms with Gasteiger partial charge in [-0.1, -0.05) is 30.3 Å². The standard InChI is InChI=1S/C26H33NO3/c1-18(27(5)6)25(28)22-10-9-21-16-24(14-11-20(21)15-22)29-17-19-7-12-23(13-8-19)30-26(2,3)4/h7-16,18,25,28H,17H2,1-6H3. The Labute approximate surface area is 180 Å². The lowest BCUT2D eigenvalue weighted by Gasteiger charge is -2.25. The number of nitrogens with zero attached hydrogens (tertiary/aromatic N) is 1. The number of ether oxygens (including phenoxy) is 2. The Hall–Kier alpha value is -2.56. The van der Waals surface area contributed by atoms with Gasteiger partial charge in [0.1, 0.15) is 23.7 Å². The summed E-state index contributed by atoms with van der Waals surface area (Å²) in [6.45, 7) is 8.63. The fourth-order valence-corrected chi connectivity index (χ4v) is 3.25. The Bertz CT molecular complexity index is 974. The zero-order valence-corrected chi connectivity index (χ0v) is 18.8. The van der Waals surface area contributed by atoms with Crippen molar-refractivity contribution in [3.8, 4) is 11.5 Å². The minimum absolute atomic E-state index is 0.0465. The molecule has 2 atom stereocenters. The Morgan fingerprint density at radius 1 is 0.867 bits per heavy atom. The third-order valence-corrected chi connectivity index (χ3v) is 5.20. The van der Waals surface area contributed by atoms with Crippen molar-refractivity contribution in [1.82, 2.24) is 4.90 Å². The fraction of sp³-hybridized carbons (Fsp3) is 0.385. The zero-order valence-electron chi connectivity index (χ0n) is 18.8. The van der Waals surface area contributed by atoms with Crippen molar-refractivity contribution in [1.29, 1.82) is 0 Å². The molecule has 3 aromatic rings. The van der Waals surface area contributed by atoms with Crippen LogP contribution in [-0.4, -0.2) is 35.7 Å². The highest BCUT2D eigenvalue weighted by molar-refractivity contribution is 5.84. The van der Waals surface area contributed by atoms with Crippen LogP contribution in [0.1, 0.15) is 44.9 Å². The van der Waals surface area contributed by atoms with E-state index in [1.54, 1.807) is 0 Å². The molecular weight excluding hydrogens is 374 g/mol. The van der Waals surface area contributed by atoms with Crippen molar-refractivity contribution in [3.05, 3.63) is 71.8 Å². The number of rotatable bonds is 7. The smallest absolute Gasteiger partial charge is 0.120 e. The van der Waals surface area contributed by atoms with Crippen LogP contribution in [0.2, 0.25) is 0 Å². The van der Waals surface area contributed by atoms with Crippen molar-refractivity contribution < 1.29 is 14.6 Å². The first-order valence-corrected chi connectivity index (χ1v) is 10.4. The molecule has 0 spiro atoms. The highest BCUT2D eigenvalue weighted by atomic mass is 16.5. The zero-order chi connectivity index (χ0) is 21.9. The Kier molecular flexibility index (Phi) is 6.69. The second kappa shape index (κ2) is 9.07. The van der Waals surface area contributed by atoms with E-state index in [-0.39, 0.29) is 11.6 Å². The maximum atomic E-state index is 10.6. The number of hydrogen-bond acceptors (Lipinski definition) is 4. The highest BCUT2D eigenvalue weighted by Gasteiger charge is 2.18. The Morgan fingerprint density at radius 3 is 2.10 bits per heavy atom. The summed E-state index contributed by atoms with van der Waals surface area (Å²) in [5.41, 5.74) is 1.81. The van der Waals surface area contributed by atoms with Crippen LogP contribution >= 0.6 is 0 Å². The van der Waals surface area contributed by atoms with Gasteiger partial charge in [0.2, 0.25) is 0 Å². The number of benzene rings is 3. The van der Waals surface area contributed by atoms with Crippen LogP contribution in [0.15, 0.2) is 60.7 Å². The molecule has 0 heterocycles. The van der Waals surface area contributed by atoms with E-state index in [2.05, 4.69) is 6.07 Å². The van der Waals surface area contributed by atoms with E-state index in [0.717, 1.165) is 33.4 Å². The molecule has 0 saturated carbocycles. The van der Waals surface area contributed by atoms with Crippen LogP contribution in [0.3, 0.4) is 0 Å². The first-order chi connectivity index (χ1) is 14.1. The Balaban J connectivity index is 1.67. The topological polar surface area (TPSA) is 41.9 Å². The van der Waals surface area contributed by atoms with E-state index in [1.807, 2.05) is 101 Å². The van der Waals surface area contributed by atoms with Crippen LogP contribution in [0.5, 0.6) is 11.5 Å². The number of likely N-dealkylation sites (N-methyl/N-ethyl adjacent to an activating group) is 1. The lowest BCUT2D eigenvalue weighted by molar-refractivity contribution is 0.0859. The molecule has 0 saturated heterocycles. The van der Waals surface area contributed by atoms with E-state index >= 15 is 0 Å². The minimum atomic E-state index is -0.523. The van der Waals surface area contributed by atoms with E-state index in [0.29, 0.717) is 6.61 Å². The third kappa shape index (κ3) is 5.74. The Morgan fingerprint density at radius 2 is 1.47 bits per heavy atom. The van der Waals surface area contributed by atoms with E-state index < -0.39 is 6.10 Å². The van der Waals surface area contributed by atoms with Gasteiger partial charge in [-0.25, -0.2) is 0 Å². The monoisotopic (exact) mass is 407 g/mol. The summed E-state index contributed by atoms with van der Waals surface area (Å²) in [5.74, 6) is 1.69. The predicted molar refractivity (Wildman–Crippen MR) is 123 cm³/mol. The lowest BCUT2D eigenvalue weighted by atomic mass is 9.99. The summed E-state index contributed by atoms with van der Waals surface area (Å²) in [6.07, 6.45) is -0.523. The van der Waals surface area contributed by atoms with Crippen LogP contribution < -0.4 is 9.47 Å². The maximum Gasteiger partial charge on any atom is 0.120 e. The average Bonchev–Trinajstić information content (AvgIpc) is 2.70. The lowest BCUT2D eigenvalue weighted by Crippen LogP contribution is -2.30. The fourth-order valence-electron chi connectivity index (χ4n) is 3.25. The molecule has 30 heavy (non-hydrogen) atoms. The molecule has 0 amide bonds. The molecule has 0 aliphatic carbocycles. The average molecular weight is 408 g/mol. The van der Waals surface area contributed by atoms with Gasteiger partial charge in [0.15, 0.2) is 0 Å². The van der Waals surface area contributed by atoms with Gasteiger partial charge in [0.05, 0.1) is 6.10 Å². The SMILES string of the molecule is CC(C(O)c1ccc2cc(OCc3ccc(OC(C)(C)C)cc3)ccc2c1)N(C)C. The minimum Gasteiger partial charge on any atom is -0.489 e. The van der Waals surface area contributed by atoms with Gasteiger partial charge in [0, 0.05) is 6.04 Å². The summed E-state index contributed by atoms with van der Waals surface area (Å²) in [5, 5.41) is 12.8. The van der Waals surface area contributed by atoms with Gasteiger partial charge in [-0.2, -0.15) is 0 Å². The normalized spacial score (nSPS) is 14.0. The van der Waals surface area contributed by atoms with Gasteiger partial charge < -0.3 is 19.5 Å². The van der Waals surface area contributed by atoms with Gasteiger partial charge in [-0.15, -0.1) is 0 Å². The number of fused-ring (bicyclic) bond motifs is 1. The maximum absolute atomic E-state index is 10.6. The second-order valence-corrected chi connectivity index (χ2v) is 9.06. The first-order valence-electron chi connectivity index (χ1n) is 10.4. The molecule has 0 aliphatic heterocycles. The van der Waals surface area contributed by atoms with Gasteiger partial charge in [0.25, 0.3) is 0 Å². The molecule has 4 nitrogen and oxygen atoms in total. The summed E-state index contributed by atoms with van der Waals surface area (Å²) in [4.78, 5) is 2.02. The van der Waals surface area contributed by atoms with Gasteiger partial charge >= 0.3 is 0 Å². The van der Waals surface area contributed by atoms with Crippen LogP contribution in [0, 0.1) is 0 Å². The molecule has 4 heteroatoms. The van der Waals surface area contributed by atoms with E-state index in [1.165, 1.54) is 0 Å². The molecule has 160 valence electrons. The molecule has 3 rings (SSSR count). The molecule has 0 fully saturated rings. The number of aliphatic hydroxyl groups is 1.